The molecule has 1 aliphatic rings. The molecule has 0 saturated heterocycles. The molecule has 0 spiro atoms. The Balaban J connectivity index is 2.39. The van der Waals surface area contributed by atoms with E-state index in [-0.39, 0.29) is 17.9 Å². The molecule has 2 rings (SSSR count). The Kier molecular flexibility index (Phi) is 2.97. The van der Waals surface area contributed by atoms with E-state index in [2.05, 4.69) is 18.3 Å². The molecule has 3 N–H and O–H groups in total. The Morgan fingerprint density at radius 3 is 2.81 bits per heavy atom. The first-order valence-electron chi connectivity index (χ1n) is 5.87. The second kappa shape index (κ2) is 4.26. The molecule has 2 unspecified atom stereocenters. The first-order chi connectivity index (χ1) is 7.67. The first-order valence-corrected chi connectivity index (χ1v) is 5.87. The van der Waals surface area contributed by atoms with E-state index in [4.69, 9.17) is 5.73 Å². The minimum atomic E-state index is -0.000920. The molecule has 1 amide bonds. The molecule has 16 heavy (non-hydrogen) atoms. The van der Waals surface area contributed by atoms with Gasteiger partial charge in [0.15, 0.2) is 0 Å². The van der Waals surface area contributed by atoms with Crippen molar-refractivity contribution in [3.63, 3.8) is 0 Å². The van der Waals surface area contributed by atoms with E-state index in [1.54, 1.807) is 0 Å². The highest BCUT2D eigenvalue weighted by atomic mass is 16.2. The fourth-order valence-corrected chi connectivity index (χ4v) is 2.22. The quantitative estimate of drug-likeness (QED) is 0.819. The van der Waals surface area contributed by atoms with Crippen LogP contribution in [0.1, 0.15) is 49.8 Å². The number of carbonyl (C=O) groups excluding carboxylic acids is 1. The van der Waals surface area contributed by atoms with E-state index >= 15 is 0 Å². The number of hydrogen-bond donors (Lipinski definition) is 2. The van der Waals surface area contributed by atoms with Crippen LogP contribution in [0.2, 0.25) is 0 Å². The number of rotatable bonds is 3. The van der Waals surface area contributed by atoms with Crippen molar-refractivity contribution >= 4 is 11.6 Å². The number of anilines is 1. The van der Waals surface area contributed by atoms with Gasteiger partial charge in [0.25, 0.3) is 0 Å². The minimum absolute atomic E-state index is 0.000920. The van der Waals surface area contributed by atoms with Gasteiger partial charge in [-0.05, 0) is 30.0 Å². The maximum atomic E-state index is 11.7. The van der Waals surface area contributed by atoms with Crippen molar-refractivity contribution in [3.05, 3.63) is 29.3 Å². The molecule has 1 heterocycles. The molecule has 1 aromatic carbocycles. The van der Waals surface area contributed by atoms with Gasteiger partial charge in [0.2, 0.25) is 5.91 Å². The largest absolute Gasteiger partial charge is 0.325 e. The number of fused-ring (bicyclic) bond motifs is 1. The van der Waals surface area contributed by atoms with Crippen LogP contribution < -0.4 is 11.1 Å². The van der Waals surface area contributed by atoms with Gasteiger partial charge in [-0.25, -0.2) is 0 Å². The average Bonchev–Trinajstić information content (AvgIpc) is 2.62. The second-order valence-corrected chi connectivity index (χ2v) is 4.31. The average molecular weight is 218 g/mol. The van der Waals surface area contributed by atoms with Gasteiger partial charge in [0.05, 0.1) is 5.92 Å². The molecule has 0 saturated carbocycles. The maximum Gasteiger partial charge on any atom is 0.231 e. The van der Waals surface area contributed by atoms with Gasteiger partial charge in [-0.3, -0.25) is 4.79 Å². The molecule has 0 aromatic heterocycles. The number of nitrogens with one attached hydrogen (secondary N) is 1. The van der Waals surface area contributed by atoms with E-state index in [0.717, 1.165) is 29.7 Å². The number of nitrogens with two attached hydrogens (primary N) is 1. The summed E-state index contributed by atoms with van der Waals surface area (Å²) in [5.41, 5.74) is 9.18. The van der Waals surface area contributed by atoms with Gasteiger partial charge in [0.1, 0.15) is 0 Å². The lowest BCUT2D eigenvalue weighted by Gasteiger charge is -2.12. The molecule has 3 heteroatoms. The van der Waals surface area contributed by atoms with Crippen LogP contribution in [-0.2, 0) is 4.79 Å². The summed E-state index contributed by atoms with van der Waals surface area (Å²) in [6.45, 7) is 4.10. The molecule has 0 aliphatic carbocycles. The van der Waals surface area contributed by atoms with Crippen LogP contribution in [0.3, 0.4) is 0 Å². The summed E-state index contributed by atoms with van der Waals surface area (Å²) >= 11 is 0. The van der Waals surface area contributed by atoms with Crippen molar-refractivity contribution in [1.29, 1.82) is 0 Å². The van der Waals surface area contributed by atoms with Crippen molar-refractivity contribution in [2.24, 2.45) is 5.73 Å². The van der Waals surface area contributed by atoms with E-state index < -0.39 is 0 Å². The highest BCUT2D eigenvalue weighted by Crippen LogP contribution is 2.36. The SMILES string of the molecule is CCC(N)c1ccc2c(c1)C(CC)C(=O)N2. The van der Waals surface area contributed by atoms with E-state index in [9.17, 15) is 4.79 Å². The summed E-state index contributed by atoms with van der Waals surface area (Å²) in [7, 11) is 0. The van der Waals surface area contributed by atoms with Crippen LogP contribution in [-0.4, -0.2) is 5.91 Å². The highest BCUT2D eigenvalue weighted by Gasteiger charge is 2.29. The lowest BCUT2D eigenvalue weighted by Crippen LogP contribution is -2.11. The lowest BCUT2D eigenvalue weighted by molar-refractivity contribution is -0.117. The molecule has 0 radical (unpaired) electrons. The van der Waals surface area contributed by atoms with E-state index in [1.165, 1.54) is 0 Å². The van der Waals surface area contributed by atoms with Crippen LogP contribution in [0, 0.1) is 0 Å². The number of carbonyl (C=O) groups is 1. The fourth-order valence-electron chi connectivity index (χ4n) is 2.22. The van der Waals surface area contributed by atoms with Crippen LogP contribution >= 0.6 is 0 Å². The normalized spacial score (nSPS) is 20.4. The zero-order valence-corrected chi connectivity index (χ0v) is 9.79. The third-order valence-electron chi connectivity index (χ3n) is 3.30. The summed E-state index contributed by atoms with van der Waals surface area (Å²) in [5, 5.41) is 2.90. The van der Waals surface area contributed by atoms with E-state index in [1.807, 2.05) is 19.1 Å². The molecule has 2 atom stereocenters. The van der Waals surface area contributed by atoms with Gasteiger partial charge >= 0.3 is 0 Å². The molecular formula is C13H18N2O. The third kappa shape index (κ3) is 1.71. The Labute approximate surface area is 96.0 Å². The van der Waals surface area contributed by atoms with Crippen molar-refractivity contribution in [1.82, 2.24) is 0 Å². The summed E-state index contributed by atoms with van der Waals surface area (Å²) in [5.74, 6) is 0.110. The zero-order chi connectivity index (χ0) is 11.7. The zero-order valence-electron chi connectivity index (χ0n) is 9.79. The predicted molar refractivity (Wildman–Crippen MR) is 65.3 cm³/mol. The number of amides is 1. The smallest absolute Gasteiger partial charge is 0.231 e. The van der Waals surface area contributed by atoms with Crippen LogP contribution in [0.4, 0.5) is 5.69 Å². The fraction of sp³-hybridized carbons (Fsp3) is 0.462. The number of benzene rings is 1. The second-order valence-electron chi connectivity index (χ2n) is 4.31. The molecule has 1 aromatic rings. The molecule has 1 aliphatic heterocycles. The highest BCUT2D eigenvalue weighted by molar-refractivity contribution is 6.02. The maximum absolute atomic E-state index is 11.7. The number of hydrogen-bond acceptors (Lipinski definition) is 2. The first kappa shape index (κ1) is 11.1. The lowest BCUT2D eigenvalue weighted by atomic mass is 9.94. The molecular weight excluding hydrogens is 200 g/mol. The van der Waals surface area contributed by atoms with Gasteiger partial charge in [-0.15, -0.1) is 0 Å². The minimum Gasteiger partial charge on any atom is -0.325 e. The third-order valence-corrected chi connectivity index (χ3v) is 3.30. The van der Waals surface area contributed by atoms with Crippen molar-refractivity contribution in [3.8, 4) is 0 Å². The topological polar surface area (TPSA) is 55.1 Å². The van der Waals surface area contributed by atoms with Gasteiger partial charge in [0, 0.05) is 11.7 Å². The van der Waals surface area contributed by atoms with Crippen molar-refractivity contribution in [2.75, 3.05) is 5.32 Å². The van der Waals surface area contributed by atoms with E-state index in [0.29, 0.717) is 0 Å². The summed E-state index contributed by atoms with van der Waals surface area (Å²) in [4.78, 5) is 11.7. The van der Waals surface area contributed by atoms with Crippen LogP contribution in [0.25, 0.3) is 0 Å². The van der Waals surface area contributed by atoms with Gasteiger partial charge in [-0.1, -0.05) is 26.0 Å². The van der Waals surface area contributed by atoms with Gasteiger partial charge in [-0.2, -0.15) is 0 Å². The predicted octanol–water partition coefficient (Wildman–Crippen LogP) is 2.54. The monoisotopic (exact) mass is 218 g/mol. The molecule has 0 bridgehead atoms. The van der Waals surface area contributed by atoms with Crippen molar-refractivity contribution in [2.45, 2.75) is 38.6 Å². The summed E-state index contributed by atoms with van der Waals surface area (Å²) < 4.78 is 0. The van der Waals surface area contributed by atoms with Crippen LogP contribution in [0.15, 0.2) is 18.2 Å². The summed E-state index contributed by atoms with van der Waals surface area (Å²) in [6.07, 6.45) is 1.75. The van der Waals surface area contributed by atoms with Gasteiger partial charge < -0.3 is 11.1 Å². The van der Waals surface area contributed by atoms with Crippen LogP contribution in [0.5, 0.6) is 0 Å². The van der Waals surface area contributed by atoms with Crippen molar-refractivity contribution < 1.29 is 4.79 Å². The Bertz CT molecular complexity index is 414. The Morgan fingerprint density at radius 1 is 1.44 bits per heavy atom. The molecule has 86 valence electrons. The Hall–Kier alpha value is -1.35. The Morgan fingerprint density at radius 2 is 2.19 bits per heavy atom. The molecule has 0 fully saturated rings. The molecule has 3 nitrogen and oxygen atoms in total. The summed E-state index contributed by atoms with van der Waals surface area (Å²) in [6, 6.07) is 6.12. The standard InChI is InChI=1S/C13H18N2O/c1-3-9-10-7-8(11(14)4-2)5-6-12(10)15-13(9)16/h5-7,9,11H,3-4,14H2,1-2H3,(H,15,16).